The Kier molecular flexibility index (Phi) is 6.47. The van der Waals surface area contributed by atoms with Crippen molar-refractivity contribution in [3.05, 3.63) is 101 Å². The number of ether oxygens (including phenoxy) is 1. The second kappa shape index (κ2) is 9.68. The van der Waals surface area contributed by atoms with Gasteiger partial charge in [-0.15, -0.1) is 0 Å². The number of aromatic nitrogens is 1. The van der Waals surface area contributed by atoms with Crippen LogP contribution in [0.25, 0.3) is 10.9 Å². The molecule has 34 heavy (non-hydrogen) atoms. The van der Waals surface area contributed by atoms with Gasteiger partial charge in [0.05, 0.1) is 5.52 Å². The van der Waals surface area contributed by atoms with Crippen molar-refractivity contribution in [3.63, 3.8) is 0 Å². The average Bonchev–Trinajstić information content (AvgIpc) is 3.21. The first-order chi connectivity index (χ1) is 16.5. The van der Waals surface area contributed by atoms with Gasteiger partial charge < -0.3 is 14.6 Å². The quantitative estimate of drug-likeness (QED) is 0.340. The van der Waals surface area contributed by atoms with E-state index in [-0.39, 0.29) is 5.41 Å². The number of nitrogens with zero attached hydrogens (tertiary/aromatic N) is 1. The Morgan fingerprint density at radius 3 is 2.32 bits per heavy atom. The minimum Gasteiger partial charge on any atom is -0.489 e. The largest absolute Gasteiger partial charge is 0.489 e. The van der Waals surface area contributed by atoms with Gasteiger partial charge in [0.15, 0.2) is 0 Å². The van der Waals surface area contributed by atoms with E-state index in [1.807, 2.05) is 6.07 Å². The molecule has 4 aromatic rings. The van der Waals surface area contributed by atoms with Crippen LogP contribution in [0.5, 0.6) is 5.75 Å². The van der Waals surface area contributed by atoms with Crippen LogP contribution < -0.4 is 10.1 Å². The Balaban J connectivity index is 1.46. The lowest BCUT2D eigenvalue weighted by Crippen LogP contribution is -2.26. The van der Waals surface area contributed by atoms with Crippen molar-refractivity contribution in [1.82, 2.24) is 9.88 Å². The van der Waals surface area contributed by atoms with Gasteiger partial charge in [-0.05, 0) is 71.7 Å². The molecule has 1 aliphatic rings. The van der Waals surface area contributed by atoms with Crippen molar-refractivity contribution in [2.24, 2.45) is 0 Å². The maximum Gasteiger partial charge on any atom is 0.121 e. The first-order valence-corrected chi connectivity index (χ1v) is 12.6. The summed E-state index contributed by atoms with van der Waals surface area (Å²) in [5.74, 6) is 1.54. The number of fused-ring (bicyclic) bond motifs is 1. The summed E-state index contributed by atoms with van der Waals surface area (Å²) in [6.07, 6.45) is 4.80. The first kappa shape index (κ1) is 22.7. The van der Waals surface area contributed by atoms with Gasteiger partial charge in [0.25, 0.3) is 0 Å². The zero-order valence-corrected chi connectivity index (χ0v) is 20.7. The smallest absolute Gasteiger partial charge is 0.121 e. The van der Waals surface area contributed by atoms with Gasteiger partial charge in [0, 0.05) is 24.2 Å². The molecule has 0 radical (unpaired) electrons. The predicted molar refractivity (Wildman–Crippen MR) is 142 cm³/mol. The van der Waals surface area contributed by atoms with Crippen LogP contribution >= 0.6 is 0 Å². The fraction of sp³-hybridized carbons (Fsp3) is 0.355. The van der Waals surface area contributed by atoms with Crippen molar-refractivity contribution in [3.8, 4) is 5.75 Å². The van der Waals surface area contributed by atoms with Gasteiger partial charge in [0.2, 0.25) is 0 Å². The lowest BCUT2D eigenvalue weighted by atomic mass is 9.87. The van der Waals surface area contributed by atoms with E-state index in [1.54, 1.807) is 0 Å². The highest BCUT2D eigenvalue weighted by Gasteiger charge is 2.21. The third-order valence-electron chi connectivity index (χ3n) is 7.08. The van der Waals surface area contributed by atoms with Crippen LogP contribution in [-0.2, 0) is 18.6 Å². The molecule has 1 aromatic heterocycles. The lowest BCUT2D eigenvalue weighted by Gasteiger charge is -2.22. The molecule has 0 spiro atoms. The van der Waals surface area contributed by atoms with Crippen molar-refractivity contribution < 1.29 is 4.74 Å². The minimum absolute atomic E-state index is 0.172. The molecule has 5 rings (SSSR count). The van der Waals surface area contributed by atoms with Gasteiger partial charge in [-0.2, -0.15) is 0 Å². The van der Waals surface area contributed by atoms with Gasteiger partial charge in [0.1, 0.15) is 12.4 Å². The summed E-state index contributed by atoms with van der Waals surface area (Å²) in [5, 5.41) is 4.88. The standard InChI is InChI=1S/C31H36N2O/c1-31(2,3)26-11-9-23(10-12-26)20-33-21-29(25-15-17-32-18-16-25)28-14-13-27(19-30(28)33)34-22-24-7-5-4-6-8-24/h4-14,19,21,25,32H,15-18,20,22H2,1-3H3. The molecule has 0 aliphatic carbocycles. The maximum atomic E-state index is 6.19. The van der Waals surface area contributed by atoms with Crippen LogP contribution in [0.4, 0.5) is 0 Å². The van der Waals surface area contributed by atoms with E-state index in [0.717, 1.165) is 25.4 Å². The highest BCUT2D eigenvalue weighted by atomic mass is 16.5. The van der Waals surface area contributed by atoms with E-state index in [0.29, 0.717) is 12.5 Å². The Morgan fingerprint density at radius 2 is 1.62 bits per heavy atom. The summed E-state index contributed by atoms with van der Waals surface area (Å²) in [6.45, 7) is 10.5. The highest BCUT2D eigenvalue weighted by Crippen LogP contribution is 2.35. The second-order valence-electron chi connectivity index (χ2n) is 10.6. The van der Waals surface area contributed by atoms with Gasteiger partial charge in [-0.1, -0.05) is 75.4 Å². The molecule has 3 aromatic carbocycles. The molecule has 1 aliphatic heterocycles. The Hall–Kier alpha value is -3.04. The van der Waals surface area contributed by atoms with Gasteiger partial charge in [-0.3, -0.25) is 0 Å². The normalized spacial score (nSPS) is 15.0. The highest BCUT2D eigenvalue weighted by molar-refractivity contribution is 5.86. The molecule has 0 unspecified atom stereocenters. The molecule has 1 saturated heterocycles. The van der Waals surface area contributed by atoms with Crippen LogP contribution in [0, 0.1) is 0 Å². The molecule has 0 amide bonds. The second-order valence-corrected chi connectivity index (χ2v) is 10.6. The molecular weight excluding hydrogens is 416 g/mol. The first-order valence-electron chi connectivity index (χ1n) is 12.6. The Labute approximate surface area is 203 Å². The Bertz CT molecular complexity index is 1230. The summed E-state index contributed by atoms with van der Waals surface area (Å²) in [5.41, 5.74) is 6.81. The lowest BCUT2D eigenvalue weighted by molar-refractivity contribution is 0.306. The molecule has 2 heterocycles. The van der Waals surface area contributed by atoms with Crippen LogP contribution in [0.2, 0.25) is 0 Å². The molecule has 0 saturated carbocycles. The average molecular weight is 453 g/mol. The fourth-order valence-corrected chi connectivity index (χ4v) is 5.03. The molecule has 0 bridgehead atoms. The number of hydrogen-bond donors (Lipinski definition) is 1. The van der Waals surface area contributed by atoms with Crippen molar-refractivity contribution >= 4 is 10.9 Å². The van der Waals surface area contributed by atoms with E-state index in [1.165, 1.54) is 46.0 Å². The van der Waals surface area contributed by atoms with Crippen LogP contribution in [0.3, 0.4) is 0 Å². The molecule has 3 nitrogen and oxygen atoms in total. The van der Waals surface area contributed by atoms with Crippen LogP contribution in [0.15, 0.2) is 79.0 Å². The third kappa shape index (κ3) is 5.05. The van der Waals surface area contributed by atoms with Crippen molar-refractivity contribution in [2.75, 3.05) is 13.1 Å². The number of nitrogens with one attached hydrogen (secondary N) is 1. The topological polar surface area (TPSA) is 26.2 Å². The minimum atomic E-state index is 0.172. The SMILES string of the molecule is CC(C)(C)c1ccc(Cn2cc(C3CCNCC3)c3ccc(OCc4ccccc4)cc32)cc1. The summed E-state index contributed by atoms with van der Waals surface area (Å²) in [7, 11) is 0. The van der Waals surface area contributed by atoms with Crippen molar-refractivity contribution in [1.29, 1.82) is 0 Å². The van der Waals surface area contributed by atoms with Crippen LogP contribution in [0.1, 0.15) is 61.8 Å². The maximum absolute atomic E-state index is 6.19. The predicted octanol–water partition coefficient (Wildman–Crippen LogP) is 7.03. The molecule has 1 fully saturated rings. The molecule has 0 atom stereocenters. The molecule has 1 N–H and O–H groups in total. The van der Waals surface area contributed by atoms with E-state index in [2.05, 4.69) is 104 Å². The Morgan fingerprint density at radius 1 is 0.882 bits per heavy atom. The monoisotopic (exact) mass is 452 g/mol. The third-order valence-corrected chi connectivity index (χ3v) is 7.08. The van der Waals surface area contributed by atoms with E-state index < -0.39 is 0 Å². The number of hydrogen-bond acceptors (Lipinski definition) is 2. The summed E-state index contributed by atoms with van der Waals surface area (Å²) in [6, 6.07) is 26.1. The summed E-state index contributed by atoms with van der Waals surface area (Å²) >= 11 is 0. The zero-order chi connectivity index (χ0) is 23.5. The summed E-state index contributed by atoms with van der Waals surface area (Å²) < 4.78 is 8.61. The van der Waals surface area contributed by atoms with E-state index >= 15 is 0 Å². The van der Waals surface area contributed by atoms with Gasteiger partial charge >= 0.3 is 0 Å². The fourth-order valence-electron chi connectivity index (χ4n) is 5.03. The molecule has 3 heteroatoms. The van der Waals surface area contributed by atoms with E-state index in [9.17, 15) is 0 Å². The van der Waals surface area contributed by atoms with Gasteiger partial charge in [-0.25, -0.2) is 0 Å². The van der Waals surface area contributed by atoms with E-state index in [4.69, 9.17) is 4.74 Å². The van der Waals surface area contributed by atoms with Crippen LogP contribution in [-0.4, -0.2) is 17.7 Å². The number of benzene rings is 3. The summed E-state index contributed by atoms with van der Waals surface area (Å²) in [4.78, 5) is 0. The zero-order valence-electron chi connectivity index (χ0n) is 20.7. The molecule has 176 valence electrons. The number of piperidine rings is 1. The number of rotatable bonds is 6. The van der Waals surface area contributed by atoms with Crippen molar-refractivity contribution in [2.45, 2.75) is 58.1 Å². The molecular formula is C31H36N2O.